The standard InChI is InChI=1S/C20H23FN2O5S/c1-2-27-18-9-8-16(13-19(18)29(25,26)23-10-3-4-11-23)22-20(24)14-28-17-7-5-6-15(21)12-17/h5-9,12-13H,2-4,10-11,14H2,1H3,(H,22,24). The van der Waals surface area contributed by atoms with Crippen molar-refractivity contribution in [3.8, 4) is 11.5 Å². The molecular weight excluding hydrogens is 399 g/mol. The molecule has 1 fully saturated rings. The minimum atomic E-state index is -3.73. The number of anilines is 1. The third kappa shape index (κ3) is 5.24. The Balaban J connectivity index is 1.74. The first-order valence-corrected chi connectivity index (χ1v) is 10.8. The Morgan fingerprint density at radius 3 is 2.59 bits per heavy atom. The van der Waals surface area contributed by atoms with Gasteiger partial charge in [-0.15, -0.1) is 0 Å². The highest BCUT2D eigenvalue weighted by molar-refractivity contribution is 7.89. The summed E-state index contributed by atoms with van der Waals surface area (Å²) in [6.45, 7) is 2.67. The average molecular weight is 422 g/mol. The van der Waals surface area contributed by atoms with Gasteiger partial charge in [0.15, 0.2) is 6.61 Å². The monoisotopic (exact) mass is 422 g/mol. The van der Waals surface area contributed by atoms with E-state index in [1.165, 1.54) is 40.7 Å². The number of halogens is 1. The van der Waals surface area contributed by atoms with Gasteiger partial charge in [0.2, 0.25) is 10.0 Å². The Hall–Kier alpha value is -2.65. The fourth-order valence-electron chi connectivity index (χ4n) is 3.03. The molecule has 2 aromatic rings. The van der Waals surface area contributed by atoms with Gasteiger partial charge in [-0.3, -0.25) is 4.79 Å². The van der Waals surface area contributed by atoms with Crippen molar-refractivity contribution in [1.29, 1.82) is 0 Å². The van der Waals surface area contributed by atoms with Crippen LogP contribution in [0.5, 0.6) is 11.5 Å². The molecule has 0 atom stereocenters. The first kappa shape index (κ1) is 21.1. The van der Waals surface area contributed by atoms with Crippen molar-refractivity contribution in [2.24, 2.45) is 0 Å². The number of benzene rings is 2. The lowest BCUT2D eigenvalue weighted by atomic mass is 10.3. The quantitative estimate of drug-likeness (QED) is 0.707. The van der Waals surface area contributed by atoms with Gasteiger partial charge in [0.25, 0.3) is 5.91 Å². The van der Waals surface area contributed by atoms with Gasteiger partial charge in [0, 0.05) is 24.8 Å². The maximum atomic E-state index is 13.2. The highest BCUT2D eigenvalue weighted by Crippen LogP contribution is 2.31. The Bertz CT molecular complexity index is 975. The van der Waals surface area contributed by atoms with Crippen molar-refractivity contribution in [2.75, 3.05) is 31.6 Å². The van der Waals surface area contributed by atoms with E-state index >= 15 is 0 Å². The molecule has 1 N–H and O–H groups in total. The number of hydrogen-bond acceptors (Lipinski definition) is 5. The maximum Gasteiger partial charge on any atom is 0.262 e. The van der Waals surface area contributed by atoms with Crippen LogP contribution < -0.4 is 14.8 Å². The van der Waals surface area contributed by atoms with Gasteiger partial charge in [0.1, 0.15) is 22.2 Å². The maximum absolute atomic E-state index is 13.2. The van der Waals surface area contributed by atoms with Crippen LogP contribution in [0.15, 0.2) is 47.4 Å². The average Bonchev–Trinajstić information content (AvgIpc) is 3.23. The molecule has 156 valence electrons. The summed E-state index contributed by atoms with van der Waals surface area (Å²) in [6.07, 6.45) is 1.63. The molecular formula is C20H23FN2O5S. The third-order valence-electron chi connectivity index (χ3n) is 4.38. The molecule has 1 aliphatic heterocycles. The van der Waals surface area contributed by atoms with Crippen molar-refractivity contribution < 1.29 is 27.1 Å². The highest BCUT2D eigenvalue weighted by atomic mass is 32.2. The Kier molecular flexibility index (Phi) is 6.71. The van der Waals surface area contributed by atoms with E-state index in [2.05, 4.69) is 5.32 Å². The van der Waals surface area contributed by atoms with Crippen molar-refractivity contribution in [2.45, 2.75) is 24.7 Å². The lowest BCUT2D eigenvalue weighted by Crippen LogP contribution is -2.28. The molecule has 2 aromatic carbocycles. The number of nitrogens with zero attached hydrogens (tertiary/aromatic N) is 1. The highest BCUT2D eigenvalue weighted by Gasteiger charge is 2.30. The van der Waals surface area contributed by atoms with Crippen LogP contribution in [-0.2, 0) is 14.8 Å². The van der Waals surface area contributed by atoms with E-state index in [0.29, 0.717) is 25.4 Å². The molecule has 0 saturated carbocycles. The zero-order chi connectivity index (χ0) is 20.9. The first-order chi connectivity index (χ1) is 13.9. The summed E-state index contributed by atoms with van der Waals surface area (Å²) in [4.78, 5) is 12.2. The Morgan fingerprint density at radius 1 is 1.14 bits per heavy atom. The van der Waals surface area contributed by atoms with Gasteiger partial charge in [-0.05, 0) is 50.1 Å². The molecule has 1 amide bonds. The van der Waals surface area contributed by atoms with Crippen LogP contribution in [-0.4, -0.2) is 44.9 Å². The van der Waals surface area contributed by atoms with Crippen LogP contribution in [0, 0.1) is 5.82 Å². The summed E-state index contributed by atoms with van der Waals surface area (Å²) in [5, 5.41) is 2.60. The summed E-state index contributed by atoms with van der Waals surface area (Å²) >= 11 is 0. The van der Waals surface area contributed by atoms with Gasteiger partial charge in [-0.1, -0.05) is 6.07 Å². The van der Waals surface area contributed by atoms with Crippen molar-refractivity contribution in [1.82, 2.24) is 4.31 Å². The summed E-state index contributed by atoms with van der Waals surface area (Å²) in [5.41, 5.74) is 0.305. The van der Waals surface area contributed by atoms with Crippen LogP contribution in [0.1, 0.15) is 19.8 Å². The summed E-state index contributed by atoms with van der Waals surface area (Å²) in [6, 6.07) is 9.93. The number of amides is 1. The number of rotatable bonds is 8. The number of sulfonamides is 1. The molecule has 0 spiro atoms. The number of nitrogens with one attached hydrogen (secondary N) is 1. The van der Waals surface area contributed by atoms with E-state index in [-0.39, 0.29) is 23.0 Å². The van der Waals surface area contributed by atoms with E-state index in [9.17, 15) is 17.6 Å². The third-order valence-corrected chi connectivity index (χ3v) is 6.30. The minimum Gasteiger partial charge on any atom is -0.492 e. The predicted octanol–water partition coefficient (Wildman–Crippen LogP) is 3.03. The molecule has 0 radical (unpaired) electrons. The van der Waals surface area contributed by atoms with E-state index in [0.717, 1.165) is 12.8 Å². The number of hydrogen-bond donors (Lipinski definition) is 1. The number of carbonyl (C=O) groups is 1. The van der Waals surface area contributed by atoms with Gasteiger partial charge in [0.05, 0.1) is 6.61 Å². The van der Waals surface area contributed by atoms with Gasteiger partial charge < -0.3 is 14.8 Å². The molecule has 0 bridgehead atoms. The summed E-state index contributed by atoms with van der Waals surface area (Å²) in [7, 11) is -3.73. The second-order valence-electron chi connectivity index (χ2n) is 6.50. The lowest BCUT2D eigenvalue weighted by molar-refractivity contribution is -0.118. The number of carbonyl (C=O) groups excluding carboxylic acids is 1. The molecule has 1 saturated heterocycles. The second kappa shape index (κ2) is 9.23. The smallest absolute Gasteiger partial charge is 0.262 e. The second-order valence-corrected chi connectivity index (χ2v) is 8.41. The molecule has 1 aliphatic rings. The minimum absolute atomic E-state index is 0.0186. The molecule has 0 unspecified atom stereocenters. The molecule has 3 rings (SSSR count). The Labute approximate surface area is 169 Å². The van der Waals surface area contributed by atoms with E-state index in [4.69, 9.17) is 9.47 Å². The van der Waals surface area contributed by atoms with Crippen LogP contribution in [0.4, 0.5) is 10.1 Å². The SMILES string of the molecule is CCOc1ccc(NC(=O)COc2cccc(F)c2)cc1S(=O)(=O)N1CCCC1. The van der Waals surface area contributed by atoms with Gasteiger partial charge in [-0.25, -0.2) is 12.8 Å². The Morgan fingerprint density at radius 2 is 1.90 bits per heavy atom. The van der Waals surface area contributed by atoms with Gasteiger partial charge >= 0.3 is 0 Å². The van der Waals surface area contributed by atoms with E-state index in [1.54, 1.807) is 13.0 Å². The topological polar surface area (TPSA) is 84.9 Å². The molecule has 1 heterocycles. The van der Waals surface area contributed by atoms with Crippen LogP contribution >= 0.6 is 0 Å². The van der Waals surface area contributed by atoms with Crippen molar-refractivity contribution >= 4 is 21.6 Å². The first-order valence-electron chi connectivity index (χ1n) is 9.35. The molecule has 29 heavy (non-hydrogen) atoms. The molecule has 9 heteroatoms. The van der Waals surface area contributed by atoms with Crippen molar-refractivity contribution in [3.05, 3.63) is 48.3 Å². The number of ether oxygens (including phenoxy) is 2. The largest absolute Gasteiger partial charge is 0.492 e. The molecule has 0 aromatic heterocycles. The molecule has 0 aliphatic carbocycles. The predicted molar refractivity (Wildman–Crippen MR) is 106 cm³/mol. The lowest BCUT2D eigenvalue weighted by Gasteiger charge is -2.19. The molecule has 7 nitrogen and oxygen atoms in total. The fourth-order valence-corrected chi connectivity index (χ4v) is 4.71. The normalized spacial score (nSPS) is 14.6. The van der Waals surface area contributed by atoms with E-state index in [1.807, 2.05) is 0 Å². The van der Waals surface area contributed by atoms with Gasteiger partial charge in [-0.2, -0.15) is 4.31 Å². The summed E-state index contributed by atoms with van der Waals surface area (Å²) in [5.74, 6) is -0.494. The zero-order valence-electron chi connectivity index (χ0n) is 16.1. The zero-order valence-corrected chi connectivity index (χ0v) is 16.9. The van der Waals surface area contributed by atoms with Crippen LogP contribution in [0.2, 0.25) is 0 Å². The van der Waals surface area contributed by atoms with Crippen LogP contribution in [0.25, 0.3) is 0 Å². The van der Waals surface area contributed by atoms with Crippen LogP contribution in [0.3, 0.4) is 0 Å². The fraction of sp³-hybridized carbons (Fsp3) is 0.350. The van der Waals surface area contributed by atoms with Crippen molar-refractivity contribution in [3.63, 3.8) is 0 Å². The summed E-state index contributed by atoms with van der Waals surface area (Å²) < 4.78 is 51.3. The van der Waals surface area contributed by atoms with E-state index < -0.39 is 21.7 Å².